The predicted octanol–water partition coefficient (Wildman–Crippen LogP) is 2.21. The van der Waals surface area contributed by atoms with Crippen LogP contribution in [0, 0.1) is 16.7 Å². The summed E-state index contributed by atoms with van der Waals surface area (Å²) in [4.78, 5) is 0. The van der Waals surface area contributed by atoms with E-state index < -0.39 is 5.60 Å². The van der Waals surface area contributed by atoms with Gasteiger partial charge in [-0.05, 0) is 46.1 Å². The van der Waals surface area contributed by atoms with E-state index in [2.05, 4.69) is 11.4 Å². The van der Waals surface area contributed by atoms with Gasteiger partial charge in [0.1, 0.15) is 0 Å². The van der Waals surface area contributed by atoms with Gasteiger partial charge in [0.25, 0.3) is 0 Å². The summed E-state index contributed by atoms with van der Waals surface area (Å²) in [5.41, 5.74) is -0.670. The topological polar surface area (TPSA) is 56.0 Å². The monoisotopic (exact) mass is 224 g/mol. The maximum atomic E-state index is 10.1. The van der Waals surface area contributed by atoms with Gasteiger partial charge < -0.3 is 10.4 Å². The van der Waals surface area contributed by atoms with Crippen LogP contribution in [-0.2, 0) is 0 Å². The van der Waals surface area contributed by atoms with E-state index in [0.29, 0.717) is 6.54 Å². The van der Waals surface area contributed by atoms with Crippen LogP contribution in [0.15, 0.2) is 0 Å². The lowest BCUT2D eigenvalue weighted by Gasteiger charge is -2.23. The Morgan fingerprint density at radius 3 is 2.56 bits per heavy atom. The van der Waals surface area contributed by atoms with E-state index in [1.54, 1.807) is 0 Å². The average Bonchev–Trinajstić information content (AvgIpc) is 2.65. The Morgan fingerprint density at radius 1 is 1.38 bits per heavy atom. The molecule has 0 bridgehead atoms. The number of hydrogen-bond donors (Lipinski definition) is 2. The zero-order valence-corrected chi connectivity index (χ0v) is 10.6. The van der Waals surface area contributed by atoms with E-state index in [1.165, 1.54) is 0 Å². The molecule has 0 saturated heterocycles. The first-order chi connectivity index (χ1) is 7.47. The first kappa shape index (κ1) is 13.5. The third kappa shape index (κ3) is 4.51. The normalized spacial score (nSPS) is 19.6. The minimum Gasteiger partial charge on any atom is -0.389 e. The lowest BCUT2D eigenvalue weighted by Crippen LogP contribution is -2.38. The zero-order valence-electron chi connectivity index (χ0n) is 10.6. The molecule has 0 heterocycles. The Hall–Kier alpha value is -0.590. The Balaban J connectivity index is 2.06. The van der Waals surface area contributed by atoms with Crippen LogP contribution in [0.2, 0.25) is 0 Å². The number of nitriles is 1. The van der Waals surface area contributed by atoms with Gasteiger partial charge in [-0.2, -0.15) is 5.26 Å². The number of nitrogens with zero attached hydrogens (tertiary/aromatic N) is 1. The van der Waals surface area contributed by atoms with Crippen LogP contribution in [0.3, 0.4) is 0 Å². The van der Waals surface area contributed by atoms with Crippen molar-refractivity contribution in [3.05, 3.63) is 0 Å². The average molecular weight is 224 g/mol. The number of aliphatic hydroxyl groups is 1. The summed E-state index contributed by atoms with van der Waals surface area (Å²) < 4.78 is 0. The summed E-state index contributed by atoms with van der Waals surface area (Å²) >= 11 is 0. The van der Waals surface area contributed by atoms with Gasteiger partial charge in [0, 0.05) is 6.54 Å². The molecule has 0 aromatic carbocycles. The van der Waals surface area contributed by atoms with E-state index >= 15 is 0 Å². The van der Waals surface area contributed by atoms with Gasteiger partial charge in [-0.25, -0.2) is 0 Å². The Kier molecular flexibility index (Phi) is 4.76. The minimum absolute atomic E-state index is 0.216. The summed E-state index contributed by atoms with van der Waals surface area (Å²) in [7, 11) is 0. The number of nitrogens with one attached hydrogen (secondary N) is 1. The van der Waals surface area contributed by atoms with Gasteiger partial charge in [0.2, 0.25) is 0 Å². The quantitative estimate of drug-likeness (QED) is 0.680. The number of rotatable bonds is 6. The van der Waals surface area contributed by atoms with Crippen LogP contribution in [-0.4, -0.2) is 23.8 Å². The van der Waals surface area contributed by atoms with Gasteiger partial charge in [0.15, 0.2) is 0 Å². The van der Waals surface area contributed by atoms with Crippen LogP contribution in [0.5, 0.6) is 0 Å². The molecule has 0 spiro atoms. The molecule has 3 heteroatoms. The number of hydrogen-bond acceptors (Lipinski definition) is 3. The van der Waals surface area contributed by atoms with Crippen LogP contribution in [0.25, 0.3) is 0 Å². The van der Waals surface area contributed by atoms with Crippen molar-refractivity contribution in [2.75, 3.05) is 13.1 Å². The van der Waals surface area contributed by atoms with Crippen molar-refractivity contribution < 1.29 is 5.11 Å². The fourth-order valence-corrected chi connectivity index (χ4v) is 2.24. The van der Waals surface area contributed by atoms with Crippen molar-refractivity contribution in [1.29, 1.82) is 5.26 Å². The molecule has 0 aliphatic heterocycles. The van der Waals surface area contributed by atoms with Crippen molar-refractivity contribution in [3.8, 4) is 6.07 Å². The molecule has 1 saturated carbocycles. The van der Waals surface area contributed by atoms with Gasteiger partial charge in [-0.1, -0.05) is 12.8 Å². The van der Waals surface area contributed by atoms with Crippen molar-refractivity contribution in [2.24, 2.45) is 5.41 Å². The molecular formula is C13H24N2O. The van der Waals surface area contributed by atoms with E-state index in [-0.39, 0.29) is 5.41 Å². The second kappa shape index (κ2) is 5.65. The summed E-state index contributed by atoms with van der Waals surface area (Å²) in [6.45, 7) is 5.54. The maximum Gasteiger partial charge on any atom is 0.0771 e. The molecule has 2 N–H and O–H groups in total. The molecule has 1 aliphatic carbocycles. The van der Waals surface area contributed by atoms with E-state index in [4.69, 9.17) is 5.26 Å². The lowest BCUT2D eigenvalue weighted by atomic mass is 9.90. The standard InChI is InChI=1S/C13H24N2O/c1-12(2,10-14)6-5-9-15-11-13(16)7-3-4-8-13/h15-16H,3-9,11H2,1-2H3. The Morgan fingerprint density at radius 2 is 2.00 bits per heavy atom. The molecule has 0 radical (unpaired) electrons. The highest BCUT2D eigenvalue weighted by molar-refractivity contribution is 4.91. The van der Waals surface area contributed by atoms with Crippen molar-refractivity contribution >= 4 is 0 Å². The molecule has 0 aromatic heterocycles. The third-order valence-electron chi connectivity index (χ3n) is 3.45. The molecule has 0 atom stereocenters. The van der Waals surface area contributed by atoms with Gasteiger partial charge in [-0.3, -0.25) is 0 Å². The van der Waals surface area contributed by atoms with Gasteiger partial charge in [-0.15, -0.1) is 0 Å². The first-order valence-corrected chi connectivity index (χ1v) is 6.32. The second-order valence-electron chi connectivity index (χ2n) is 5.71. The summed E-state index contributed by atoms with van der Waals surface area (Å²) in [6.07, 6.45) is 6.08. The molecule has 0 unspecified atom stereocenters. The van der Waals surface area contributed by atoms with Crippen LogP contribution in [0.4, 0.5) is 0 Å². The Bertz CT molecular complexity index is 249. The fraction of sp³-hybridized carbons (Fsp3) is 0.923. The molecule has 0 amide bonds. The molecule has 16 heavy (non-hydrogen) atoms. The van der Waals surface area contributed by atoms with Crippen molar-refractivity contribution in [1.82, 2.24) is 5.32 Å². The summed E-state index contributed by atoms with van der Waals surface area (Å²) in [6, 6.07) is 2.30. The van der Waals surface area contributed by atoms with Gasteiger partial charge >= 0.3 is 0 Å². The van der Waals surface area contributed by atoms with E-state index in [9.17, 15) is 5.11 Å². The first-order valence-electron chi connectivity index (χ1n) is 6.32. The zero-order chi connectivity index (χ0) is 12.1. The predicted molar refractivity (Wildman–Crippen MR) is 64.9 cm³/mol. The molecular weight excluding hydrogens is 200 g/mol. The maximum absolute atomic E-state index is 10.1. The minimum atomic E-state index is -0.454. The van der Waals surface area contributed by atoms with Crippen molar-refractivity contribution in [3.63, 3.8) is 0 Å². The van der Waals surface area contributed by atoms with E-state index in [0.717, 1.165) is 45.1 Å². The summed E-state index contributed by atoms with van der Waals surface area (Å²) in [5.74, 6) is 0. The second-order valence-corrected chi connectivity index (χ2v) is 5.71. The Labute approximate surface area is 98.8 Å². The largest absolute Gasteiger partial charge is 0.389 e. The van der Waals surface area contributed by atoms with Crippen LogP contribution in [0.1, 0.15) is 52.4 Å². The SMILES string of the molecule is CC(C)(C#N)CCCNCC1(O)CCCC1. The van der Waals surface area contributed by atoms with Crippen LogP contribution >= 0.6 is 0 Å². The highest BCUT2D eigenvalue weighted by Gasteiger charge is 2.30. The molecule has 1 rings (SSSR count). The van der Waals surface area contributed by atoms with Crippen molar-refractivity contribution in [2.45, 2.75) is 58.0 Å². The molecule has 0 aromatic rings. The van der Waals surface area contributed by atoms with Crippen LogP contribution < -0.4 is 5.32 Å². The highest BCUT2D eigenvalue weighted by atomic mass is 16.3. The van der Waals surface area contributed by atoms with Gasteiger partial charge in [0.05, 0.1) is 17.1 Å². The lowest BCUT2D eigenvalue weighted by molar-refractivity contribution is 0.0478. The van der Waals surface area contributed by atoms with E-state index in [1.807, 2.05) is 13.8 Å². The fourth-order valence-electron chi connectivity index (χ4n) is 2.24. The molecule has 92 valence electrons. The molecule has 3 nitrogen and oxygen atoms in total. The summed E-state index contributed by atoms with van der Waals surface area (Å²) in [5, 5.41) is 22.2. The smallest absolute Gasteiger partial charge is 0.0771 e. The highest BCUT2D eigenvalue weighted by Crippen LogP contribution is 2.28. The molecule has 1 aliphatic rings. The third-order valence-corrected chi connectivity index (χ3v) is 3.45. The molecule has 1 fully saturated rings.